The maximum atomic E-state index is 12.9. The summed E-state index contributed by atoms with van der Waals surface area (Å²) in [7, 11) is 0. The van der Waals surface area contributed by atoms with E-state index in [0.29, 0.717) is 30.9 Å². The van der Waals surface area contributed by atoms with Gasteiger partial charge in [-0.3, -0.25) is 14.6 Å². The molecule has 164 valence electrons. The van der Waals surface area contributed by atoms with E-state index in [1.807, 2.05) is 36.4 Å². The van der Waals surface area contributed by atoms with E-state index in [-0.39, 0.29) is 18.2 Å². The summed E-state index contributed by atoms with van der Waals surface area (Å²) in [6.45, 7) is 4.10. The molecule has 4 rings (SSSR count). The quantitative estimate of drug-likeness (QED) is 0.560. The first-order valence-corrected chi connectivity index (χ1v) is 10.6. The first-order chi connectivity index (χ1) is 16.0. The fraction of sp³-hybridized carbons (Fsp3) is 0.192. The number of anilines is 2. The maximum absolute atomic E-state index is 12.9. The van der Waals surface area contributed by atoms with Crippen molar-refractivity contribution in [1.82, 2.24) is 9.97 Å². The molecule has 0 radical (unpaired) electrons. The smallest absolute Gasteiger partial charge is 0.247 e. The molecule has 1 aliphatic heterocycles. The minimum absolute atomic E-state index is 0.180. The van der Waals surface area contributed by atoms with Crippen LogP contribution in [-0.4, -0.2) is 28.3 Å². The molecule has 0 spiro atoms. The fourth-order valence-corrected chi connectivity index (χ4v) is 4.02. The second-order valence-electron chi connectivity index (χ2n) is 7.96. The predicted molar refractivity (Wildman–Crippen MR) is 126 cm³/mol. The highest BCUT2D eigenvalue weighted by atomic mass is 16.2. The first kappa shape index (κ1) is 21.9. The van der Waals surface area contributed by atoms with Gasteiger partial charge in [0, 0.05) is 36.9 Å². The Morgan fingerprint density at radius 1 is 1.21 bits per heavy atom. The number of pyridine rings is 2. The van der Waals surface area contributed by atoms with E-state index >= 15 is 0 Å². The van der Waals surface area contributed by atoms with Crippen molar-refractivity contribution in [3.8, 4) is 17.2 Å². The van der Waals surface area contributed by atoms with Gasteiger partial charge in [-0.1, -0.05) is 36.4 Å². The van der Waals surface area contributed by atoms with Crippen LogP contribution in [0.15, 0.2) is 79.8 Å². The minimum Gasteiger partial charge on any atom is -0.311 e. The summed E-state index contributed by atoms with van der Waals surface area (Å²) in [4.78, 5) is 35.5. The van der Waals surface area contributed by atoms with Crippen LogP contribution in [0.5, 0.6) is 0 Å². The molecule has 1 N–H and O–H groups in total. The lowest BCUT2D eigenvalue weighted by Crippen LogP contribution is -2.33. The van der Waals surface area contributed by atoms with E-state index in [4.69, 9.17) is 0 Å². The second-order valence-corrected chi connectivity index (χ2v) is 7.96. The zero-order chi connectivity index (χ0) is 23.3. The van der Waals surface area contributed by atoms with Crippen LogP contribution in [0.25, 0.3) is 11.1 Å². The molecule has 0 unspecified atom stereocenters. The van der Waals surface area contributed by atoms with Crippen LogP contribution in [0, 0.1) is 16.7 Å². The summed E-state index contributed by atoms with van der Waals surface area (Å²) in [5.74, 6) is -0.110. The number of benzene rings is 1. The molecular weight excluding hydrogens is 414 g/mol. The van der Waals surface area contributed by atoms with E-state index < -0.39 is 5.41 Å². The monoisotopic (exact) mass is 437 g/mol. The van der Waals surface area contributed by atoms with Gasteiger partial charge >= 0.3 is 0 Å². The molecule has 1 saturated heterocycles. The number of carbonyl (C=O) groups excluding carboxylic acids is 2. The van der Waals surface area contributed by atoms with E-state index in [9.17, 15) is 14.9 Å². The van der Waals surface area contributed by atoms with Crippen LogP contribution in [0.4, 0.5) is 11.5 Å². The molecule has 1 aromatic carbocycles. The van der Waals surface area contributed by atoms with Gasteiger partial charge in [0.15, 0.2) is 0 Å². The molecule has 7 heteroatoms. The van der Waals surface area contributed by atoms with Crippen LogP contribution >= 0.6 is 0 Å². The first-order valence-electron chi connectivity index (χ1n) is 10.6. The Hall–Kier alpha value is -4.31. The Morgan fingerprint density at radius 3 is 2.82 bits per heavy atom. The summed E-state index contributed by atoms with van der Waals surface area (Å²) in [6.07, 6.45) is 7.58. The highest BCUT2D eigenvalue weighted by Crippen LogP contribution is 2.38. The molecule has 1 fully saturated rings. The molecule has 7 nitrogen and oxygen atoms in total. The normalized spacial score (nSPS) is 17.4. The van der Waals surface area contributed by atoms with E-state index in [1.54, 1.807) is 41.7 Å². The number of carbonyl (C=O) groups is 2. The Balaban J connectivity index is 1.45. The number of nitrogens with zero attached hydrogens (tertiary/aromatic N) is 4. The number of amides is 2. The number of hydrogen-bond donors (Lipinski definition) is 1. The topological polar surface area (TPSA) is 99.0 Å². The van der Waals surface area contributed by atoms with Crippen LogP contribution in [0.2, 0.25) is 0 Å². The van der Waals surface area contributed by atoms with Gasteiger partial charge in [0.2, 0.25) is 11.8 Å². The molecule has 3 heterocycles. The molecule has 3 aromatic rings. The van der Waals surface area contributed by atoms with Gasteiger partial charge in [-0.15, -0.1) is 6.58 Å². The fourth-order valence-electron chi connectivity index (χ4n) is 4.02. The number of rotatable bonds is 7. The molecule has 1 atom stereocenters. The Bertz CT molecular complexity index is 1230. The number of hydrogen-bond acceptors (Lipinski definition) is 5. The van der Waals surface area contributed by atoms with Gasteiger partial charge < -0.3 is 10.2 Å². The lowest BCUT2D eigenvalue weighted by atomic mass is 9.84. The van der Waals surface area contributed by atoms with Gasteiger partial charge in [0.1, 0.15) is 11.2 Å². The summed E-state index contributed by atoms with van der Waals surface area (Å²) in [5, 5.41) is 12.4. The van der Waals surface area contributed by atoms with Crippen molar-refractivity contribution in [2.75, 3.05) is 16.8 Å². The number of nitrogens with one attached hydrogen (secondary N) is 1. The minimum atomic E-state index is -1.08. The summed E-state index contributed by atoms with van der Waals surface area (Å²) >= 11 is 0. The number of nitriles is 1. The molecule has 0 aliphatic carbocycles. The van der Waals surface area contributed by atoms with Crippen molar-refractivity contribution >= 4 is 23.3 Å². The van der Waals surface area contributed by atoms with Gasteiger partial charge in [0.05, 0.1) is 12.5 Å². The predicted octanol–water partition coefficient (Wildman–Crippen LogP) is 4.15. The third kappa shape index (κ3) is 4.65. The molecule has 1 aliphatic rings. The summed E-state index contributed by atoms with van der Waals surface area (Å²) in [5.41, 5.74) is 2.36. The maximum Gasteiger partial charge on any atom is 0.247 e. The van der Waals surface area contributed by atoms with Gasteiger partial charge in [-0.25, -0.2) is 4.98 Å². The van der Waals surface area contributed by atoms with Crippen molar-refractivity contribution in [3.05, 3.63) is 85.3 Å². The second kappa shape index (κ2) is 9.45. The molecule has 2 aromatic heterocycles. The van der Waals surface area contributed by atoms with Crippen molar-refractivity contribution in [2.24, 2.45) is 5.41 Å². The summed E-state index contributed by atoms with van der Waals surface area (Å²) in [6, 6.07) is 17.1. The van der Waals surface area contributed by atoms with Crippen LogP contribution in [-0.2, 0) is 16.0 Å². The molecule has 2 amide bonds. The Labute approximate surface area is 192 Å². The average Bonchev–Trinajstić information content (AvgIpc) is 3.16. The lowest BCUT2D eigenvalue weighted by molar-refractivity contribution is -0.123. The molecular formula is C26H23N5O2. The van der Waals surface area contributed by atoms with Gasteiger partial charge in [-0.05, 0) is 41.7 Å². The average molecular weight is 438 g/mol. The largest absolute Gasteiger partial charge is 0.311 e. The van der Waals surface area contributed by atoms with Crippen molar-refractivity contribution in [2.45, 2.75) is 19.3 Å². The van der Waals surface area contributed by atoms with Crippen molar-refractivity contribution in [3.63, 3.8) is 0 Å². The Kier molecular flexibility index (Phi) is 6.27. The highest BCUT2D eigenvalue weighted by Gasteiger charge is 2.46. The van der Waals surface area contributed by atoms with Crippen molar-refractivity contribution in [1.29, 1.82) is 5.26 Å². The van der Waals surface area contributed by atoms with Gasteiger partial charge in [0.25, 0.3) is 0 Å². The Morgan fingerprint density at radius 2 is 2.06 bits per heavy atom. The molecule has 33 heavy (non-hydrogen) atoms. The SMILES string of the molecule is C=CC[C@]1(C#N)CCN(c2ccnc(NC(=O)Cc3cccc(-c4cccnc4)c3)c2)C1=O. The van der Waals surface area contributed by atoms with Crippen LogP contribution in [0.1, 0.15) is 18.4 Å². The third-order valence-corrected chi connectivity index (χ3v) is 5.73. The van der Waals surface area contributed by atoms with E-state index in [0.717, 1.165) is 16.7 Å². The number of aromatic nitrogens is 2. The lowest BCUT2D eigenvalue weighted by Gasteiger charge is -2.20. The van der Waals surface area contributed by atoms with Crippen LogP contribution < -0.4 is 10.2 Å². The van der Waals surface area contributed by atoms with E-state index in [1.165, 1.54) is 0 Å². The zero-order valence-corrected chi connectivity index (χ0v) is 18.1. The molecule has 0 saturated carbocycles. The van der Waals surface area contributed by atoms with Crippen molar-refractivity contribution < 1.29 is 9.59 Å². The zero-order valence-electron chi connectivity index (χ0n) is 18.1. The molecule has 0 bridgehead atoms. The summed E-state index contributed by atoms with van der Waals surface area (Å²) < 4.78 is 0. The highest BCUT2D eigenvalue weighted by molar-refractivity contribution is 6.02. The number of allylic oxidation sites excluding steroid dienone is 1. The van der Waals surface area contributed by atoms with Crippen LogP contribution in [0.3, 0.4) is 0 Å². The standard InChI is InChI=1S/C26H23N5O2/c1-2-9-26(18-27)10-13-31(25(26)33)22-8-12-29-23(16-22)30-24(32)15-19-5-3-6-20(14-19)21-7-4-11-28-17-21/h2-8,11-12,14,16-17H,1,9-10,13,15H2,(H,29,30,32)/t26-/m1/s1. The third-order valence-electron chi connectivity index (χ3n) is 5.73. The van der Waals surface area contributed by atoms with Gasteiger partial charge in [-0.2, -0.15) is 5.26 Å². The van der Waals surface area contributed by atoms with E-state index in [2.05, 4.69) is 27.9 Å².